The van der Waals surface area contributed by atoms with Crippen LogP contribution in [-0.2, 0) is 11.3 Å². The Kier molecular flexibility index (Phi) is 5.48. The van der Waals surface area contributed by atoms with Gasteiger partial charge in [-0.1, -0.05) is 35.9 Å². The molecule has 9 heteroatoms. The Labute approximate surface area is 172 Å². The highest BCUT2D eigenvalue weighted by Crippen LogP contribution is 2.24. The zero-order chi connectivity index (χ0) is 20.4. The number of carbonyl (C=O) groups is 1. The second-order valence-electron chi connectivity index (χ2n) is 6.80. The zero-order valence-corrected chi connectivity index (χ0v) is 16.5. The molecule has 8 nitrogen and oxygen atoms in total. The molecule has 3 aromatic rings. The molecule has 0 saturated carbocycles. The third-order valence-electron chi connectivity index (χ3n) is 4.95. The van der Waals surface area contributed by atoms with E-state index in [0.717, 1.165) is 5.56 Å². The van der Waals surface area contributed by atoms with Crippen LogP contribution in [0.1, 0.15) is 24.9 Å². The van der Waals surface area contributed by atoms with Crippen LogP contribution in [0.25, 0.3) is 10.9 Å². The number of anilines is 1. The summed E-state index contributed by atoms with van der Waals surface area (Å²) >= 11 is 6.05. The lowest BCUT2D eigenvalue weighted by molar-refractivity contribution is -0.122. The van der Waals surface area contributed by atoms with E-state index in [9.17, 15) is 9.59 Å². The molecule has 1 saturated heterocycles. The van der Waals surface area contributed by atoms with Crippen molar-refractivity contribution >= 4 is 34.4 Å². The second-order valence-corrected chi connectivity index (χ2v) is 7.24. The molecule has 29 heavy (non-hydrogen) atoms. The van der Waals surface area contributed by atoms with Crippen LogP contribution < -0.4 is 27.3 Å². The van der Waals surface area contributed by atoms with E-state index in [4.69, 9.17) is 11.6 Å². The van der Waals surface area contributed by atoms with Gasteiger partial charge < -0.3 is 0 Å². The van der Waals surface area contributed by atoms with Gasteiger partial charge in [-0.2, -0.15) is 0 Å². The number of benzene rings is 2. The van der Waals surface area contributed by atoms with Crippen LogP contribution in [0.4, 0.5) is 5.95 Å². The van der Waals surface area contributed by atoms with Gasteiger partial charge in [0, 0.05) is 17.6 Å². The number of rotatable bonds is 5. The predicted molar refractivity (Wildman–Crippen MR) is 112 cm³/mol. The molecule has 1 amide bonds. The van der Waals surface area contributed by atoms with E-state index < -0.39 is 6.04 Å². The van der Waals surface area contributed by atoms with Crippen LogP contribution >= 0.6 is 11.6 Å². The smallest absolute Gasteiger partial charge is 0.262 e. The molecule has 0 aliphatic carbocycles. The van der Waals surface area contributed by atoms with E-state index in [1.165, 1.54) is 4.57 Å². The standard InChI is InChI=1S/C20H21ClN6O2/c1-2-27-19(29)14-8-3-4-9-15(14)22-20(27)26-25-18(28)17-11-16(23-24-17)12-6-5-7-13(21)10-12/h3-10,16-17,23-24H,2,11H2,1H3,(H,22,26)(H,25,28). The van der Waals surface area contributed by atoms with Crippen molar-refractivity contribution < 1.29 is 4.79 Å². The lowest BCUT2D eigenvalue weighted by atomic mass is 10.0. The number of nitrogens with zero attached hydrogens (tertiary/aromatic N) is 2. The van der Waals surface area contributed by atoms with Crippen LogP contribution in [0.15, 0.2) is 53.3 Å². The first-order chi connectivity index (χ1) is 14.1. The first-order valence-electron chi connectivity index (χ1n) is 9.38. The average Bonchev–Trinajstić information content (AvgIpc) is 3.23. The number of hydrogen-bond acceptors (Lipinski definition) is 6. The molecule has 150 valence electrons. The minimum Gasteiger partial charge on any atom is -0.277 e. The monoisotopic (exact) mass is 412 g/mol. The SMILES string of the molecule is CCn1c(NNC(=O)C2CC(c3cccc(Cl)c3)NN2)nc2ccccc2c1=O. The highest BCUT2D eigenvalue weighted by molar-refractivity contribution is 6.30. The highest BCUT2D eigenvalue weighted by atomic mass is 35.5. The molecule has 2 heterocycles. The first kappa shape index (κ1) is 19.4. The zero-order valence-electron chi connectivity index (χ0n) is 15.8. The van der Waals surface area contributed by atoms with Crippen molar-refractivity contribution in [3.8, 4) is 0 Å². The Hall–Kier alpha value is -2.94. The van der Waals surface area contributed by atoms with E-state index in [1.54, 1.807) is 18.2 Å². The molecule has 2 unspecified atom stereocenters. The number of halogens is 1. The normalized spacial score (nSPS) is 18.7. The van der Waals surface area contributed by atoms with Crippen LogP contribution in [-0.4, -0.2) is 21.5 Å². The van der Waals surface area contributed by atoms with Crippen molar-refractivity contribution in [1.82, 2.24) is 25.8 Å². The van der Waals surface area contributed by atoms with Crippen molar-refractivity contribution in [3.05, 3.63) is 69.5 Å². The summed E-state index contributed by atoms with van der Waals surface area (Å²) in [7, 11) is 0. The van der Waals surface area contributed by atoms with E-state index in [1.807, 2.05) is 37.3 Å². The van der Waals surface area contributed by atoms with Gasteiger partial charge in [-0.3, -0.25) is 25.0 Å². The number of hydrazine groups is 2. The van der Waals surface area contributed by atoms with E-state index in [2.05, 4.69) is 26.7 Å². The summed E-state index contributed by atoms with van der Waals surface area (Å²) in [6.45, 7) is 2.28. The largest absolute Gasteiger partial charge is 0.277 e. The van der Waals surface area contributed by atoms with Gasteiger partial charge in [0.05, 0.1) is 10.9 Å². The molecular formula is C20H21ClN6O2. The summed E-state index contributed by atoms with van der Waals surface area (Å²) in [4.78, 5) is 29.7. The fourth-order valence-corrected chi connectivity index (χ4v) is 3.63. The van der Waals surface area contributed by atoms with Crippen molar-refractivity contribution in [1.29, 1.82) is 0 Å². The first-order valence-corrected chi connectivity index (χ1v) is 9.76. The quantitative estimate of drug-likeness (QED) is 0.479. The fraction of sp³-hybridized carbons (Fsp3) is 0.250. The molecule has 2 atom stereocenters. The molecule has 4 N–H and O–H groups in total. The Bertz CT molecular complexity index is 1120. The topological polar surface area (TPSA) is 100 Å². The maximum absolute atomic E-state index is 12.6. The fourth-order valence-electron chi connectivity index (χ4n) is 3.43. The number of fused-ring (bicyclic) bond motifs is 1. The van der Waals surface area contributed by atoms with E-state index >= 15 is 0 Å². The minimum atomic E-state index is -0.450. The van der Waals surface area contributed by atoms with Crippen molar-refractivity contribution in [3.63, 3.8) is 0 Å². The maximum atomic E-state index is 12.6. The third kappa shape index (κ3) is 3.95. The second kappa shape index (κ2) is 8.20. The van der Waals surface area contributed by atoms with Crippen LogP contribution in [0, 0.1) is 0 Å². The summed E-state index contributed by atoms with van der Waals surface area (Å²) in [5.74, 6) is 0.0361. The number of para-hydroxylation sites is 1. The Balaban J connectivity index is 1.46. The van der Waals surface area contributed by atoms with Crippen LogP contribution in [0.2, 0.25) is 5.02 Å². The highest BCUT2D eigenvalue weighted by Gasteiger charge is 2.30. The molecule has 1 aliphatic heterocycles. The van der Waals surface area contributed by atoms with E-state index in [-0.39, 0.29) is 17.5 Å². The maximum Gasteiger partial charge on any atom is 0.262 e. The van der Waals surface area contributed by atoms with Crippen LogP contribution in [0.5, 0.6) is 0 Å². The van der Waals surface area contributed by atoms with Gasteiger partial charge in [0.2, 0.25) is 5.95 Å². The van der Waals surface area contributed by atoms with Gasteiger partial charge in [0.1, 0.15) is 6.04 Å². The van der Waals surface area contributed by atoms with Crippen LogP contribution in [0.3, 0.4) is 0 Å². The van der Waals surface area contributed by atoms with Gasteiger partial charge >= 0.3 is 0 Å². The predicted octanol–water partition coefficient (Wildman–Crippen LogP) is 2.12. The molecule has 1 aromatic heterocycles. The number of carbonyl (C=O) groups excluding carboxylic acids is 1. The number of aromatic nitrogens is 2. The Morgan fingerprint density at radius 3 is 2.86 bits per heavy atom. The Morgan fingerprint density at radius 1 is 1.24 bits per heavy atom. The molecule has 0 radical (unpaired) electrons. The van der Waals surface area contributed by atoms with E-state index in [0.29, 0.717) is 34.8 Å². The van der Waals surface area contributed by atoms with Crippen molar-refractivity contribution in [2.45, 2.75) is 32.0 Å². The summed E-state index contributed by atoms with van der Waals surface area (Å²) in [6, 6.07) is 14.2. The molecule has 1 fully saturated rings. The lowest BCUT2D eigenvalue weighted by Crippen LogP contribution is -2.46. The average molecular weight is 413 g/mol. The lowest BCUT2D eigenvalue weighted by Gasteiger charge is -2.15. The van der Waals surface area contributed by atoms with Crippen molar-refractivity contribution in [2.75, 3.05) is 5.43 Å². The van der Waals surface area contributed by atoms with Gasteiger partial charge in [-0.25, -0.2) is 15.8 Å². The van der Waals surface area contributed by atoms with Gasteiger partial charge in [-0.05, 0) is 43.2 Å². The van der Waals surface area contributed by atoms with Gasteiger partial charge in [0.25, 0.3) is 11.5 Å². The molecule has 0 spiro atoms. The van der Waals surface area contributed by atoms with Gasteiger partial charge in [-0.15, -0.1) is 0 Å². The summed E-state index contributed by atoms with van der Waals surface area (Å²) < 4.78 is 1.48. The molecule has 2 aromatic carbocycles. The Morgan fingerprint density at radius 2 is 2.07 bits per heavy atom. The minimum absolute atomic E-state index is 0.0305. The third-order valence-corrected chi connectivity index (χ3v) is 5.18. The summed E-state index contributed by atoms with van der Waals surface area (Å²) in [5, 5.41) is 1.19. The number of hydrogen-bond donors (Lipinski definition) is 4. The molecule has 0 bridgehead atoms. The molecule has 4 rings (SSSR count). The molecular weight excluding hydrogens is 392 g/mol. The van der Waals surface area contributed by atoms with Crippen molar-refractivity contribution in [2.24, 2.45) is 0 Å². The summed E-state index contributed by atoms with van der Waals surface area (Å²) in [6.07, 6.45) is 0.555. The molecule has 1 aliphatic rings. The van der Waals surface area contributed by atoms with Gasteiger partial charge in [0.15, 0.2) is 0 Å². The number of nitrogens with one attached hydrogen (secondary N) is 4. The summed E-state index contributed by atoms with van der Waals surface area (Å²) in [5.41, 5.74) is 13.0. The number of amides is 1.